The van der Waals surface area contributed by atoms with Gasteiger partial charge in [-0.05, 0) is 42.3 Å². The Hall–Kier alpha value is -3.07. The lowest BCUT2D eigenvalue weighted by Gasteiger charge is -2.10. The number of hydrogen-bond donors (Lipinski definition) is 3. The van der Waals surface area contributed by atoms with Crippen LogP contribution in [-0.4, -0.2) is 19.3 Å². The van der Waals surface area contributed by atoms with E-state index in [1.54, 1.807) is 24.3 Å². The minimum Gasteiger partial charge on any atom is -0.408 e. The Morgan fingerprint density at radius 3 is 2.44 bits per heavy atom. The van der Waals surface area contributed by atoms with Gasteiger partial charge in [-0.15, -0.1) is 0 Å². The number of benzene rings is 2. The first kappa shape index (κ1) is 18.7. The van der Waals surface area contributed by atoms with E-state index in [0.717, 1.165) is 0 Å². The summed E-state index contributed by atoms with van der Waals surface area (Å²) in [5, 5.41) is 2.76. The molecular formula is C18H19N3O5S. The summed E-state index contributed by atoms with van der Waals surface area (Å²) >= 11 is 0. The van der Waals surface area contributed by atoms with Gasteiger partial charge in [-0.3, -0.25) is 14.5 Å². The SMILES string of the molecule is CC(C)CC(=O)Nc1ccc(NS(=O)(=O)c2ccc3[nH]c(=O)oc3c2)cc1. The van der Waals surface area contributed by atoms with Crippen LogP contribution in [0.5, 0.6) is 0 Å². The van der Waals surface area contributed by atoms with E-state index < -0.39 is 15.8 Å². The van der Waals surface area contributed by atoms with E-state index in [1.165, 1.54) is 18.2 Å². The van der Waals surface area contributed by atoms with E-state index in [-0.39, 0.29) is 22.3 Å². The van der Waals surface area contributed by atoms with Crippen LogP contribution in [0.2, 0.25) is 0 Å². The molecule has 0 aliphatic carbocycles. The average molecular weight is 389 g/mol. The summed E-state index contributed by atoms with van der Waals surface area (Å²) in [6, 6.07) is 10.4. The number of aromatic nitrogens is 1. The quantitative estimate of drug-likeness (QED) is 0.598. The van der Waals surface area contributed by atoms with Gasteiger partial charge in [0.15, 0.2) is 5.58 Å². The van der Waals surface area contributed by atoms with Crippen molar-refractivity contribution in [3.05, 3.63) is 53.0 Å². The fraction of sp³-hybridized carbons (Fsp3) is 0.222. The number of sulfonamides is 1. The number of amides is 1. The molecule has 0 fully saturated rings. The van der Waals surface area contributed by atoms with Gasteiger partial charge in [0.25, 0.3) is 10.0 Å². The molecule has 0 bridgehead atoms. The normalized spacial score (nSPS) is 11.7. The smallest absolute Gasteiger partial charge is 0.408 e. The van der Waals surface area contributed by atoms with Gasteiger partial charge in [-0.1, -0.05) is 13.8 Å². The molecule has 0 unspecified atom stereocenters. The van der Waals surface area contributed by atoms with E-state index in [0.29, 0.717) is 23.3 Å². The van der Waals surface area contributed by atoms with Gasteiger partial charge in [0.2, 0.25) is 5.91 Å². The van der Waals surface area contributed by atoms with Crippen molar-refractivity contribution in [3.63, 3.8) is 0 Å². The van der Waals surface area contributed by atoms with Crippen LogP contribution in [0.1, 0.15) is 20.3 Å². The number of oxazole rings is 1. The highest BCUT2D eigenvalue weighted by atomic mass is 32.2. The molecule has 0 saturated heterocycles. The fourth-order valence-electron chi connectivity index (χ4n) is 2.51. The van der Waals surface area contributed by atoms with Crippen molar-refractivity contribution in [2.24, 2.45) is 5.92 Å². The number of anilines is 2. The maximum Gasteiger partial charge on any atom is 0.417 e. The highest BCUT2D eigenvalue weighted by molar-refractivity contribution is 7.92. The molecule has 1 aromatic heterocycles. The summed E-state index contributed by atoms with van der Waals surface area (Å²) in [5.41, 5.74) is 1.50. The van der Waals surface area contributed by atoms with Crippen LogP contribution in [0, 0.1) is 5.92 Å². The standard InChI is InChI=1S/C18H19N3O5S/c1-11(2)9-17(22)19-12-3-5-13(6-4-12)21-27(24,25)14-7-8-15-16(10-14)26-18(23)20-15/h3-8,10-11,21H,9H2,1-2H3,(H,19,22)(H,20,23). The third-order valence-corrected chi connectivity index (χ3v) is 5.10. The van der Waals surface area contributed by atoms with Crippen molar-refractivity contribution in [1.82, 2.24) is 4.98 Å². The van der Waals surface area contributed by atoms with Gasteiger partial charge in [-0.2, -0.15) is 0 Å². The van der Waals surface area contributed by atoms with E-state index in [9.17, 15) is 18.0 Å². The molecule has 3 N–H and O–H groups in total. The zero-order valence-electron chi connectivity index (χ0n) is 14.8. The first-order valence-electron chi connectivity index (χ1n) is 8.28. The molecule has 0 spiro atoms. The molecule has 0 atom stereocenters. The van der Waals surface area contributed by atoms with Crippen LogP contribution >= 0.6 is 0 Å². The second-order valence-electron chi connectivity index (χ2n) is 6.50. The zero-order valence-corrected chi connectivity index (χ0v) is 15.6. The van der Waals surface area contributed by atoms with Gasteiger partial charge >= 0.3 is 5.76 Å². The van der Waals surface area contributed by atoms with Crippen molar-refractivity contribution >= 4 is 38.4 Å². The van der Waals surface area contributed by atoms with Crippen molar-refractivity contribution < 1.29 is 17.6 Å². The van der Waals surface area contributed by atoms with Gasteiger partial charge in [-0.25, -0.2) is 13.2 Å². The van der Waals surface area contributed by atoms with Gasteiger partial charge in [0, 0.05) is 23.9 Å². The second-order valence-corrected chi connectivity index (χ2v) is 8.18. The van der Waals surface area contributed by atoms with Crippen LogP contribution in [0.3, 0.4) is 0 Å². The topological polar surface area (TPSA) is 121 Å². The predicted octanol–water partition coefficient (Wildman–Crippen LogP) is 2.91. The Bertz CT molecular complexity index is 1130. The summed E-state index contributed by atoms with van der Waals surface area (Å²) in [7, 11) is -3.86. The van der Waals surface area contributed by atoms with Gasteiger partial charge in [0.1, 0.15) is 0 Å². The number of fused-ring (bicyclic) bond motifs is 1. The molecule has 0 saturated carbocycles. The first-order chi connectivity index (χ1) is 12.7. The summed E-state index contributed by atoms with van der Waals surface area (Å²) < 4.78 is 32.4. The number of hydrogen-bond acceptors (Lipinski definition) is 5. The van der Waals surface area contributed by atoms with E-state index in [2.05, 4.69) is 15.0 Å². The molecule has 8 nitrogen and oxygen atoms in total. The van der Waals surface area contributed by atoms with Crippen molar-refractivity contribution in [1.29, 1.82) is 0 Å². The van der Waals surface area contributed by atoms with Crippen molar-refractivity contribution in [2.45, 2.75) is 25.2 Å². The van der Waals surface area contributed by atoms with Gasteiger partial charge < -0.3 is 9.73 Å². The average Bonchev–Trinajstić information content (AvgIpc) is 2.94. The number of nitrogens with one attached hydrogen (secondary N) is 3. The molecule has 0 aliphatic rings. The molecule has 3 rings (SSSR count). The number of rotatable bonds is 6. The first-order valence-corrected chi connectivity index (χ1v) is 9.77. The monoisotopic (exact) mass is 389 g/mol. The molecular weight excluding hydrogens is 370 g/mol. The largest absolute Gasteiger partial charge is 0.417 e. The highest BCUT2D eigenvalue weighted by Gasteiger charge is 2.16. The third kappa shape index (κ3) is 4.56. The minimum absolute atomic E-state index is 0.0351. The molecule has 1 heterocycles. The minimum atomic E-state index is -3.86. The molecule has 9 heteroatoms. The van der Waals surface area contributed by atoms with Crippen LogP contribution in [-0.2, 0) is 14.8 Å². The predicted molar refractivity (Wildman–Crippen MR) is 102 cm³/mol. The lowest BCUT2D eigenvalue weighted by Crippen LogP contribution is -2.14. The maximum absolute atomic E-state index is 12.5. The highest BCUT2D eigenvalue weighted by Crippen LogP contribution is 2.21. The number of carbonyl (C=O) groups excluding carboxylic acids is 1. The molecule has 0 radical (unpaired) electrons. The Labute approximate surface area is 155 Å². The van der Waals surface area contributed by atoms with Crippen LogP contribution in [0.4, 0.5) is 11.4 Å². The number of H-pyrrole nitrogens is 1. The van der Waals surface area contributed by atoms with E-state index in [4.69, 9.17) is 4.42 Å². The Morgan fingerprint density at radius 2 is 1.78 bits per heavy atom. The Balaban J connectivity index is 1.74. The lowest BCUT2D eigenvalue weighted by atomic mass is 10.1. The van der Waals surface area contributed by atoms with Crippen LogP contribution in [0.15, 0.2) is 56.6 Å². The van der Waals surface area contributed by atoms with Crippen molar-refractivity contribution in [2.75, 3.05) is 10.0 Å². The molecule has 27 heavy (non-hydrogen) atoms. The zero-order chi connectivity index (χ0) is 19.6. The van der Waals surface area contributed by atoms with E-state index in [1.807, 2.05) is 13.8 Å². The van der Waals surface area contributed by atoms with E-state index >= 15 is 0 Å². The summed E-state index contributed by atoms with van der Waals surface area (Å²) in [6.45, 7) is 3.90. The van der Waals surface area contributed by atoms with Crippen molar-refractivity contribution in [3.8, 4) is 0 Å². The van der Waals surface area contributed by atoms with Crippen LogP contribution < -0.4 is 15.8 Å². The van der Waals surface area contributed by atoms with Crippen LogP contribution in [0.25, 0.3) is 11.1 Å². The molecule has 142 valence electrons. The summed E-state index contributed by atoms with van der Waals surface area (Å²) in [5.74, 6) is -0.500. The van der Waals surface area contributed by atoms with Gasteiger partial charge in [0.05, 0.1) is 10.4 Å². The molecule has 1 amide bonds. The number of aromatic amines is 1. The summed E-state index contributed by atoms with van der Waals surface area (Å²) in [4.78, 5) is 25.4. The molecule has 3 aromatic rings. The maximum atomic E-state index is 12.5. The second kappa shape index (κ2) is 7.28. The fourth-order valence-corrected chi connectivity index (χ4v) is 3.58. The third-order valence-electron chi connectivity index (χ3n) is 3.72. The number of carbonyl (C=O) groups is 1. The summed E-state index contributed by atoms with van der Waals surface area (Å²) in [6.07, 6.45) is 0.409. The lowest BCUT2D eigenvalue weighted by molar-refractivity contribution is -0.116. The molecule has 0 aliphatic heterocycles. The Morgan fingerprint density at radius 1 is 1.11 bits per heavy atom. The molecule has 2 aromatic carbocycles. The Kier molecular flexibility index (Phi) is 5.04.